The fourth-order valence-corrected chi connectivity index (χ4v) is 1.74. The molecule has 0 saturated heterocycles. The Labute approximate surface area is 117 Å². The van der Waals surface area contributed by atoms with Crippen LogP contribution in [0.25, 0.3) is 0 Å². The van der Waals surface area contributed by atoms with Crippen molar-refractivity contribution in [2.75, 3.05) is 5.32 Å². The van der Waals surface area contributed by atoms with Crippen molar-refractivity contribution in [3.63, 3.8) is 0 Å². The zero-order chi connectivity index (χ0) is 15.5. The van der Waals surface area contributed by atoms with Gasteiger partial charge in [0.1, 0.15) is 12.4 Å². The van der Waals surface area contributed by atoms with Crippen molar-refractivity contribution < 1.29 is 22.4 Å². The molecular weight excluding hydrogens is 290 g/mol. The average Bonchev–Trinajstić information content (AvgIpc) is 2.73. The first kappa shape index (κ1) is 15.0. The molecule has 112 valence electrons. The molecule has 0 spiro atoms. The summed E-state index contributed by atoms with van der Waals surface area (Å²) in [5.74, 6) is -0.926. The lowest BCUT2D eigenvalue weighted by Gasteiger charge is -2.05. The van der Waals surface area contributed by atoms with Gasteiger partial charge < -0.3 is 5.32 Å². The molecule has 1 N–H and O–H groups in total. The maximum atomic E-state index is 13.0. The summed E-state index contributed by atoms with van der Waals surface area (Å²) >= 11 is 0. The maximum Gasteiger partial charge on any atom is 0.408 e. The lowest BCUT2D eigenvalue weighted by atomic mass is 10.1. The SMILES string of the molecule is O=C(Cc1cccc(F)c1)Nc1cnn(CC(F)(F)F)c1. The number of halogens is 4. The summed E-state index contributed by atoms with van der Waals surface area (Å²) < 4.78 is 50.1. The molecule has 0 atom stereocenters. The number of hydrogen-bond acceptors (Lipinski definition) is 2. The van der Waals surface area contributed by atoms with Gasteiger partial charge in [-0.25, -0.2) is 4.39 Å². The fourth-order valence-electron chi connectivity index (χ4n) is 1.74. The van der Waals surface area contributed by atoms with Gasteiger partial charge in [0.2, 0.25) is 5.91 Å². The van der Waals surface area contributed by atoms with Crippen LogP contribution in [-0.2, 0) is 17.8 Å². The summed E-state index contributed by atoms with van der Waals surface area (Å²) in [5.41, 5.74) is 0.621. The van der Waals surface area contributed by atoms with Gasteiger partial charge in [-0.05, 0) is 17.7 Å². The molecule has 0 fully saturated rings. The summed E-state index contributed by atoms with van der Waals surface area (Å²) in [7, 11) is 0. The molecule has 2 aromatic rings. The minimum Gasteiger partial charge on any atom is -0.323 e. The highest BCUT2D eigenvalue weighted by Crippen LogP contribution is 2.18. The smallest absolute Gasteiger partial charge is 0.323 e. The van der Waals surface area contributed by atoms with E-state index in [2.05, 4.69) is 10.4 Å². The van der Waals surface area contributed by atoms with Crippen molar-refractivity contribution in [2.45, 2.75) is 19.1 Å². The van der Waals surface area contributed by atoms with E-state index in [1.807, 2.05) is 0 Å². The Morgan fingerprint density at radius 3 is 2.76 bits per heavy atom. The molecule has 1 amide bonds. The summed E-state index contributed by atoms with van der Waals surface area (Å²) in [6.07, 6.45) is -2.26. The van der Waals surface area contributed by atoms with Crippen LogP contribution in [0.1, 0.15) is 5.56 Å². The van der Waals surface area contributed by atoms with Gasteiger partial charge in [0, 0.05) is 6.20 Å². The molecule has 0 aliphatic carbocycles. The van der Waals surface area contributed by atoms with E-state index in [4.69, 9.17) is 0 Å². The Bertz CT molecular complexity index is 636. The van der Waals surface area contributed by atoms with E-state index >= 15 is 0 Å². The molecule has 1 aromatic carbocycles. The molecule has 0 radical (unpaired) electrons. The monoisotopic (exact) mass is 301 g/mol. The molecule has 2 rings (SSSR count). The zero-order valence-corrected chi connectivity index (χ0v) is 10.7. The molecule has 1 heterocycles. The molecule has 0 aliphatic heterocycles. The van der Waals surface area contributed by atoms with Crippen LogP contribution in [0.3, 0.4) is 0 Å². The summed E-state index contributed by atoms with van der Waals surface area (Å²) in [5, 5.41) is 5.90. The largest absolute Gasteiger partial charge is 0.408 e. The van der Waals surface area contributed by atoms with E-state index in [0.717, 1.165) is 12.4 Å². The quantitative estimate of drug-likeness (QED) is 0.883. The number of carbonyl (C=O) groups excluding carboxylic acids is 1. The van der Waals surface area contributed by atoms with E-state index in [9.17, 15) is 22.4 Å². The third kappa shape index (κ3) is 4.90. The number of benzene rings is 1. The van der Waals surface area contributed by atoms with E-state index < -0.39 is 24.4 Å². The van der Waals surface area contributed by atoms with Crippen LogP contribution < -0.4 is 5.32 Å². The Balaban J connectivity index is 1.94. The number of amides is 1. The number of aromatic nitrogens is 2. The second kappa shape index (κ2) is 5.94. The van der Waals surface area contributed by atoms with Crippen LogP contribution >= 0.6 is 0 Å². The third-order valence-corrected chi connectivity index (χ3v) is 2.51. The van der Waals surface area contributed by atoms with Crippen molar-refractivity contribution in [2.24, 2.45) is 0 Å². The van der Waals surface area contributed by atoms with Crippen molar-refractivity contribution in [1.82, 2.24) is 9.78 Å². The van der Waals surface area contributed by atoms with Crippen molar-refractivity contribution in [3.05, 3.63) is 48.0 Å². The molecule has 1 aromatic heterocycles. The molecule has 0 saturated carbocycles. The number of hydrogen-bond donors (Lipinski definition) is 1. The zero-order valence-electron chi connectivity index (χ0n) is 10.7. The predicted molar refractivity (Wildman–Crippen MR) is 67.0 cm³/mol. The molecule has 21 heavy (non-hydrogen) atoms. The lowest BCUT2D eigenvalue weighted by Crippen LogP contribution is -2.18. The maximum absolute atomic E-state index is 13.0. The Kier molecular flexibility index (Phi) is 4.25. The summed E-state index contributed by atoms with van der Waals surface area (Å²) in [4.78, 5) is 11.7. The molecule has 8 heteroatoms. The van der Waals surface area contributed by atoms with Gasteiger partial charge in [0.15, 0.2) is 0 Å². The second-order valence-corrected chi connectivity index (χ2v) is 4.40. The van der Waals surface area contributed by atoms with Crippen LogP contribution in [0.4, 0.5) is 23.2 Å². The fraction of sp³-hybridized carbons (Fsp3) is 0.231. The first-order valence-corrected chi connectivity index (χ1v) is 5.95. The number of nitrogens with zero attached hydrogens (tertiary/aromatic N) is 2. The highest BCUT2D eigenvalue weighted by Gasteiger charge is 2.28. The van der Waals surface area contributed by atoms with Crippen LogP contribution in [0.2, 0.25) is 0 Å². The number of rotatable bonds is 4. The number of alkyl halides is 3. The highest BCUT2D eigenvalue weighted by atomic mass is 19.4. The van der Waals surface area contributed by atoms with Crippen LogP contribution in [0.15, 0.2) is 36.7 Å². The minimum atomic E-state index is -4.38. The predicted octanol–water partition coefficient (Wildman–Crippen LogP) is 2.77. The topological polar surface area (TPSA) is 46.9 Å². The van der Waals surface area contributed by atoms with Crippen LogP contribution in [0, 0.1) is 5.82 Å². The highest BCUT2D eigenvalue weighted by molar-refractivity contribution is 5.91. The van der Waals surface area contributed by atoms with Gasteiger partial charge in [0.05, 0.1) is 18.3 Å². The molecule has 0 aliphatic rings. The first-order valence-electron chi connectivity index (χ1n) is 5.95. The Hall–Kier alpha value is -2.38. The molecule has 4 nitrogen and oxygen atoms in total. The van der Waals surface area contributed by atoms with Crippen molar-refractivity contribution in [3.8, 4) is 0 Å². The first-order chi connectivity index (χ1) is 9.82. The van der Waals surface area contributed by atoms with Crippen LogP contribution in [-0.4, -0.2) is 21.9 Å². The standard InChI is InChI=1S/C13H11F4N3O/c14-10-3-1-2-9(4-10)5-12(21)19-11-6-18-20(7-11)8-13(15,16)17/h1-4,6-7H,5,8H2,(H,19,21). The number of nitrogens with one attached hydrogen (secondary N) is 1. The Morgan fingerprint density at radius 2 is 2.10 bits per heavy atom. The number of carbonyl (C=O) groups is 1. The van der Waals surface area contributed by atoms with Crippen molar-refractivity contribution >= 4 is 11.6 Å². The van der Waals surface area contributed by atoms with E-state index in [-0.39, 0.29) is 12.1 Å². The molecule has 0 unspecified atom stereocenters. The average molecular weight is 301 g/mol. The number of anilines is 1. The van der Waals surface area contributed by atoms with E-state index in [0.29, 0.717) is 10.2 Å². The van der Waals surface area contributed by atoms with Gasteiger partial charge in [-0.15, -0.1) is 0 Å². The van der Waals surface area contributed by atoms with Gasteiger partial charge in [-0.2, -0.15) is 18.3 Å². The second-order valence-electron chi connectivity index (χ2n) is 4.40. The van der Waals surface area contributed by atoms with Gasteiger partial charge in [0.25, 0.3) is 0 Å². The summed E-state index contributed by atoms with van der Waals surface area (Å²) in [6, 6.07) is 5.52. The third-order valence-electron chi connectivity index (χ3n) is 2.51. The van der Waals surface area contributed by atoms with Gasteiger partial charge in [-0.3, -0.25) is 9.48 Å². The van der Waals surface area contributed by atoms with Crippen LogP contribution in [0.5, 0.6) is 0 Å². The van der Waals surface area contributed by atoms with Crippen molar-refractivity contribution in [1.29, 1.82) is 0 Å². The Morgan fingerprint density at radius 1 is 1.33 bits per heavy atom. The molecular formula is C13H11F4N3O. The normalized spacial score (nSPS) is 11.4. The van der Waals surface area contributed by atoms with E-state index in [1.54, 1.807) is 6.07 Å². The molecule has 0 bridgehead atoms. The summed E-state index contributed by atoms with van der Waals surface area (Å²) in [6.45, 7) is -1.23. The van der Waals surface area contributed by atoms with E-state index in [1.165, 1.54) is 18.2 Å². The lowest BCUT2D eigenvalue weighted by molar-refractivity contribution is -0.142. The minimum absolute atomic E-state index is 0.0811. The van der Waals surface area contributed by atoms with Gasteiger partial charge in [-0.1, -0.05) is 12.1 Å². The van der Waals surface area contributed by atoms with Gasteiger partial charge >= 0.3 is 6.18 Å².